The van der Waals surface area contributed by atoms with Crippen LogP contribution in [0.15, 0.2) is 24.3 Å². The highest BCUT2D eigenvalue weighted by molar-refractivity contribution is 5.81. The lowest BCUT2D eigenvalue weighted by atomic mass is 9.90. The predicted molar refractivity (Wildman–Crippen MR) is 84.9 cm³/mol. The van der Waals surface area contributed by atoms with Crippen molar-refractivity contribution < 1.29 is 4.79 Å². The van der Waals surface area contributed by atoms with Crippen LogP contribution in [0.2, 0.25) is 0 Å². The van der Waals surface area contributed by atoms with E-state index >= 15 is 0 Å². The first-order valence-electron chi connectivity index (χ1n) is 7.45. The quantitative estimate of drug-likeness (QED) is 0.742. The Morgan fingerprint density at radius 3 is 2.40 bits per heavy atom. The first kappa shape index (κ1) is 16.7. The lowest BCUT2D eigenvalue weighted by Gasteiger charge is -2.16. The van der Waals surface area contributed by atoms with Crippen LogP contribution in [0.25, 0.3) is 0 Å². The molecule has 3 nitrogen and oxygen atoms in total. The number of amides is 1. The van der Waals surface area contributed by atoms with Crippen molar-refractivity contribution in [3.05, 3.63) is 35.4 Å². The minimum atomic E-state index is -0.212. The number of hydrogen-bond donors (Lipinski definition) is 1. The number of benzene rings is 1. The molecule has 112 valence electrons. The SMILES string of the molecule is CC(C)c1cccc(C(CCCCN(C)C)C(N)=O)c1. The zero-order chi connectivity index (χ0) is 15.1. The Balaban J connectivity index is 2.70. The minimum absolute atomic E-state index is 0.157. The van der Waals surface area contributed by atoms with Gasteiger partial charge in [0.05, 0.1) is 5.92 Å². The smallest absolute Gasteiger partial charge is 0.224 e. The number of nitrogens with zero attached hydrogens (tertiary/aromatic N) is 1. The van der Waals surface area contributed by atoms with Crippen molar-refractivity contribution in [1.82, 2.24) is 4.90 Å². The summed E-state index contributed by atoms with van der Waals surface area (Å²) in [4.78, 5) is 13.9. The van der Waals surface area contributed by atoms with E-state index < -0.39 is 0 Å². The maximum Gasteiger partial charge on any atom is 0.224 e. The topological polar surface area (TPSA) is 46.3 Å². The molecule has 1 atom stereocenters. The fraction of sp³-hybridized carbons (Fsp3) is 0.588. The first-order valence-corrected chi connectivity index (χ1v) is 7.45. The van der Waals surface area contributed by atoms with E-state index in [0.717, 1.165) is 31.4 Å². The van der Waals surface area contributed by atoms with Gasteiger partial charge in [-0.25, -0.2) is 0 Å². The van der Waals surface area contributed by atoms with Gasteiger partial charge in [-0.3, -0.25) is 4.79 Å². The fourth-order valence-corrected chi connectivity index (χ4v) is 2.38. The van der Waals surface area contributed by atoms with Gasteiger partial charge in [-0.1, -0.05) is 44.5 Å². The summed E-state index contributed by atoms with van der Waals surface area (Å²) in [6.45, 7) is 5.38. The van der Waals surface area contributed by atoms with Gasteiger partial charge in [-0.2, -0.15) is 0 Å². The summed E-state index contributed by atoms with van der Waals surface area (Å²) in [6.07, 6.45) is 2.96. The highest BCUT2D eigenvalue weighted by atomic mass is 16.1. The molecule has 1 aromatic carbocycles. The van der Waals surface area contributed by atoms with E-state index in [1.54, 1.807) is 0 Å². The van der Waals surface area contributed by atoms with Gasteiger partial charge in [0.2, 0.25) is 5.91 Å². The van der Waals surface area contributed by atoms with Gasteiger partial charge >= 0.3 is 0 Å². The van der Waals surface area contributed by atoms with Crippen LogP contribution >= 0.6 is 0 Å². The van der Waals surface area contributed by atoms with Crippen LogP contribution in [0.5, 0.6) is 0 Å². The van der Waals surface area contributed by atoms with Crippen LogP contribution in [-0.2, 0) is 4.79 Å². The van der Waals surface area contributed by atoms with Crippen LogP contribution in [0.3, 0.4) is 0 Å². The van der Waals surface area contributed by atoms with Crippen molar-refractivity contribution in [2.24, 2.45) is 5.73 Å². The third-order valence-corrected chi connectivity index (χ3v) is 3.67. The highest BCUT2D eigenvalue weighted by Crippen LogP contribution is 2.25. The second kappa shape index (κ2) is 8.05. The summed E-state index contributed by atoms with van der Waals surface area (Å²) in [7, 11) is 4.13. The molecule has 0 bridgehead atoms. The van der Waals surface area contributed by atoms with Crippen molar-refractivity contribution in [2.45, 2.75) is 44.9 Å². The minimum Gasteiger partial charge on any atom is -0.369 e. The van der Waals surface area contributed by atoms with E-state index in [1.165, 1.54) is 5.56 Å². The second-order valence-corrected chi connectivity index (χ2v) is 6.08. The molecule has 0 saturated carbocycles. The Labute approximate surface area is 123 Å². The molecule has 0 aliphatic carbocycles. The molecule has 1 aromatic rings. The molecule has 1 rings (SSSR count). The molecule has 0 aliphatic heterocycles. The Morgan fingerprint density at radius 2 is 1.85 bits per heavy atom. The molecular weight excluding hydrogens is 248 g/mol. The molecule has 2 N–H and O–H groups in total. The number of rotatable bonds is 8. The Hall–Kier alpha value is -1.35. The van der Waals surface area contributed by atoms with Crippen molar-refractivity contribution >= 4 is 5.91 Å². The molecule has 20 heavy (non-hydrogen) atoms. The van der Waals surface area contributed by atoms with Crippen LogP contribution in [-0.4, -0.2) is 31.4 Å². The van der Waals surface area contributed by atoms with Crippen LogP contribution < -0.4 is 5.73 Å². The van der Waals surface area contributed by atoms with Gasteiger partial charge in [0.15, 0.2) is 0 Å². The maximum absolute atomic E-state index is 11.7. The summed E-state index contributed by atoms with van der Waals surface area (Å²) in [6, 6.07) is 8.29. The largest absolute Gasteiger partial charge is 0.369 e. The van der Waals surface area contributed by atoms with Crippen molar-refractivity contribution in [3.63, 3.8) is 0 Å². The van der Waals surface area contributed by atoms with Crippen LogP contribution in [0.4, 0.5) is 0 Å². The number of hydrogen-bond acceptors (Lipinski definition) is 2. The van der Waals surface area contributed by atoms with Gasteiger partial charge < -0.3 is 10.6 Å². The lowest BCUT2D eigenvalue weighted by Crippen LogP contribution is -2.22. The van der Waals surface area contributed by atoms with Gasteiger partial charge in [0.1, 0.15) is 0 Å². The normalized spacial score (nSPS) is 12.9. The molecule has 0 heterocycles. The predicted octanol–water partition coefficient (Wildman–Crippen LogP) is 3.11. The van der Waals surface area contributed by atoms with Crippen LogP contribution in [0, 0.1) is 0 Å². The lowest BCUT2D eigenvalue weighted by molar-refractivity contribution is -0.119. The van der Waals surface area contributed by atoms with E-state index in [1.807, 2.05) is 12.1 Å². The molecule has 0 fully saturated rings. The summed E-state index contributed by atoms with van der Waals surface area (Å²) in [5.74, 6) is 0.101. The molecule has 1 unspecified atom stereocenters. The molecule has 0 aromatic heterocycles. The summed E-state index contributed by atoms with van der Waals surface area (Å²) < 4.78 is 0. The number of carbonyl (C=O) groups excluding carboxylic acids is 1. The number of carbonyl (C=O) groups is 1. The molecule has 0 radical (unpaired) electrons. The monoisotopic (exact) mass is 276 g/mol. The summed E-state index contributed by atoms with van der Waals surface area (Å²) >= 11 is 0. The molecule has 0 saturated heterocycles. The number of primary amides is 1. The van der Waals surface area contributed by atoms with Gasteiger partial charge in [-0.05, 0) is 50.5 Å². The summed E-state index contributed by atoms with van der Waals surface area (Å²) in [5, 5.41) is 0. The Morgan fingerprint density at radius 1 is 1.20 bits per heavy atom. The van der Waals surface area contributed by atoms with Crippen molar-refractivity contribution in [3.8, 4) is 0 Å². The summed E-state index contributed by atoms with van der Waals surface area (Å²) in [5.41, 5.74) is 7.92. The average molecular weight is 276 g/mol. The standard InChI is InChI=1S/C17H28N2O/c1-13(2)14-8-7-9-15(12-14)16(17(18)20)10-5-6-11-19(3)4/h7-9,12-13,16H,5-6,10-11H2,1-4H3,(H2,18,20). The third-order valence-electron chi connectivity index (χ3n) is 3.67. The maximum atomic E-state index is 11.7. The fourth-order valence-electron chi connectivity index (χ4n) is 2.38. The second-order valence-electron chi connectivity index (χ2n) is 6.08. The van der Waals surface area contributed by atoms with Gasteiger partial charge in [0.25, 0.3) is 0 Å². The molecule has 0 spiro atoms. The van der Waals surface area contributed by atoms with E-state index in [2.05, 4.69) is 45.0 Å². The Kier molecular flexibility index (Phi) is 6.73. The average Bonchev–Trinajstić information content (AvgIpc) is 2.38. The Bertz CT molecular complexity index is 427. The number of nitrogens with two attached hydrogens (primary N) is 1. The third kappa shape index (κ3) is 5.33. The first-order chi connectivity index (χ1) is 9.41. The highest BCUT2D eigenvalue weighted by Gasteiger charge is 2.18. The molecule has 3 heteroatoms. The van der Waals surface area contributed by atoms with Gasteiger partial charge in [0, 0.05) is 0 Å². The molecule has 0 aliphatic rings. The van der Waals surface area contributed by atoms with Crippen LogP contribution in [0.1, 0.15) is 56.1 Å². The van der Waals surface area contributed by atoms with E-state index in [4.69, 9.17) is 5.73 Å². The zero-order valence-corrected chi connectivity index (χ0v) is 13.2. The molecule has 1 amide bonds. The van der Waals surface area contributed by atoms with Crippen molar-refractivity contribution in [2.75, 3.05) is 20.6 Å². The van der Waals surface area contributed by atoms with Gasteiger partial charge in [-0.15, -0.1) is 0 Å². The van der Waals surface area contributed by atoms with Crippen molar-refractivity contribution in [1.29, 1.82) is 0 Å². The van der Waals surface area contributed by atoms with E-state index in [9.17, 15) is 4.79 Å². The number of unbranched alkanes of at least 4 members (excludes halogenated alkanes) is 1. The molecular formula is C17H28N2O. The zero-order valence-electron chi connectivity index (χ0n) is 13.2. The van der Waals surface area contributed by atoms with E-state index in [-0.39, 0.29) is 11.8 Å². The van der Waals surface area contributed by atoms with E-state index in [0.29, 0.717) is 5.92 Å².